The molecule has 4 nitrogen and oxygen atoms in total. The number of hydrogen-bond acceptors (Lipinski definition) is 3. The van der Waals surface area contributed by atoms with Crippen LogP contribution in [-0.4, -0.2) is 19.5 Å². The Bertz CT molecular complexity index is 476. The van der Waals surface area contributed by atoms with Crippen molar-refractivity contribution in [3.05, 3.63) is 22.7 Å². The highest BCUT2D eigenvalue weighted by Crippen LogP contribution is 2.37. The Labute approximate surface area is 112 Å². The normalized spacial score (nSPS) is 17.6. The van der Waals surface area contributed by atoms with Gasteiger partial charge in [0.2, 0.25) is 5.91 Å². The number of hydrogen-bond donors (Lipinski definition) is 2. The number of nitrogens with zero attached hydrogens (tertiary/aromatic N) is 1. The molecule has 0 spiro atoms. The number of carbonyl (C=O) groups excluding carboxylic acids is 1. The number of unbranched alkanes of at least 4 members (excludes halogenated alkanes) is 1. The highest BCUT2D eigenvalue weighted by Gasteiger charge is 2.28. The molecule has 0 saturated carbocycles. The van der Waals surface area contributed by atoms with E-state index in [1.54, 1.807) is 6.07 Å². The number of nitrogens with two attached hydrogens (primary N) is 1. The molecule has 1 unspecified atom stereocenters. The van der Waals surface area contributed by atoms with Gasteiger partial charge in [0.15, 0.2) is 0 Å². The van der Waals surface area contributed by atoms with Crippen LogP contribution in [0.15, 0.2) is 12.1 Å². The number of benzene rings is 1. The molecule has 1 aliphatic rings. The number of rotatable bonds is 4. The van der Waals surface area contributed by atoms with E-state index in [4.69, 9.17) is 17.3 Å². The minimum absolute atomic E-state index is 0.172. The summed E-state index contributed by atoms with van der Waals surface area (Å²) in [4.78, 5) is 13.6. The lowest BCUT2D eigenvalue weighted by Crippen LogP contribution is -2.19. The smallest absolute Gasteiger partial charge is 0.245 e. The molecule has 1 amide bonds. The van der Waals surface area contributed by atoms with Crippen molar-refractivity contribution in [2.45, 2.75) is 25.8 Å². The lowest BCUT2D eigenvalue weighted by atomic mass is 10.1. The first kappa shape index (κ1) is 13.2. The Balaban J connectivity index is 2.29. The summed E-state index contributed by atoms with van der Waals surface area (Å²) in [5.74, 6) is -0.172. The molecule has 1 aromatic carbocycles. The summed E-state index contributed by atoms with van der Waals surface area (Å²) >= 11 is 6.26. The predicted octanol–water partition coefficient (Wildman–Crippen LogP) is 2.53. The Morgan fingerprint density at radius 2 is 2.22 bits per heavy atom. The van der Waals surface area contributed by atoms with Gasteiger partial charge in [0.05, 0.1) is 10.7 Å². The third-order valence-electron chi connectivity index (χ3n) is 3.25. The molecule has 3 N–H and O–H groups in total. The zero-order chi connectivity index (χ0) is 13.3. The van der Waals surface area contributed by atoms with Gasteiger partial charge in [0.25, 0.3) is 0 Å². The molecule has 1 aliphatic heterocycles. The van der Waals surface area contributed by atoms with Gasteiger partial charge in [-0.1, -0.05) is 24.9 Å². The minimum atomic E-state index is -0.604. The molecule has 1 atom stereocenters. The zero-order valence-electron chi connectivity index (χ0n) is 10.7. The van der Waals surface area contributed by atoms with Crippen molar-refractivity contribution in [2.75, 3.05) is 23.8 Å². The van der Waals surface area contributed by atoms with E-state index >= 15 is 0 Å². The van der Waals surface area contributed by atoms with E-state index in [0.717, 1.165) is 36.3 Å². The van der Waals surface area contributed by atoms with Gasteiger partial charge >= 0.3 is 0 Å². The fourth-order valence-corrected chi connectivity index (χ4v) is 2.42. The Morgan fingerprint density at radius 3 is 2.89 bits per heavy atom. The fourth-order valence-electron chi connectivity index (χ4n) is 2.10. The van der Waals surface area contributed by atoms with E-state index in [2.05, 4.69) is 17.1 Å². The number of anilines is 2. The molecule has 1 aromatic rings. The molecule has 0 aromatic heterocycles. The summed E-state index contributed by atoms with van der Waals surface area (Å²) < 4.78 is 0. The van der Waals surface area contributed by atoms with Gasteiger partial charge in [-0.15, -0.1) is 0 Å². The number of halogens is 1. The van der Waals surface area contributed by atoms with Crippen molar-refractivity contribution in [1.29, 1.82) is 0 Å². The van der Waals surface area contributed by atoms with Crippen LogP contribution in [0.1, 0.15) is 31.4 Å². The van der Waals surface area contributed by atoms with Crippen LogP contribution in [-0.2, 0) is 4.79 Å². The summed E-state index contributed by atoms with van der Waals surface area (Å²) in [6.45, 7) is 3.09. The van der Waals surface area contributed by atoms with Crippen molar-refractivity contribution in [1.82, 2.24) is 0 Å². The van der Waals surface area contributed by atoms with Crippen molar-refractivity contribution in [3.8, 4) is 0 Å². The van der Waals surface area contributed by atoms with Crippen molar-refractivity contribution in [3.63, 3.8) is 0 Å². The van der Waals surface area contributed by atoms with E-state index in [9.17, 15) is 4.79 Å². The highest BCUT2D eigenvalue weighted by atomic mass is 35.5. The van der Waals surface area contributed by atoms with Gasteiger partial charge < -0.3 is 16.0 Å². The minimum Gasteiger partial charge on any atom is -0.373 e. The summed E-state index contributed by atoms with van der Waals surface area (Å²) in [5.41, 5.74) is 8.26. The largest absolute Gasteiger partial charge is 0.373 e. The summed E-state index contributed by atoms with van der Waals surface area (Å²) in [6, 6.07) is 3.09. The SMILES string of the molecule is CCCCN(C)c1cc2c(cc1Cl)C(N)C(=O)N2. The molecule has 0 saturated heterocycles. The maximum absolute atomic E-state index is 11.5. The first-order valence-electron chi connectivity index (χ1n) is 6.15. The molecule has 0 bridgehead atoms. The first-order chi connectivity index (χ1) is 8.54. The quantitative estimate of drug-likeness (QED) is 0.881. The standard InChI is InChI=1S/C13H18ClN3O/c1-3-4-5-17(2)11-7-10-8(6-9(11)14)12(15)13(18)16-10/h6-7,12H,3-5,15H2,1-2H3,(H,16,18). The second-order valence-corrected chi connectivity index (χ2v) is 5.04. The van der Waals surface area contributed by atoms with Gasteiger partial charge in [0, 0.05) is 24.8 Å². The molecule has 0 fully saturated rings. The molecular weight excluding hydrogens is 250 g/mol. The van der Waals surface area contributed by atoms with E-state index in [1.165, 1.54) is 0 Å². The maximum atomic E-state index is 11.5. The molecular formula is C13H18ClN3O. The van der Waals surface area contributed by atoms with E-state index in [1.807, 2.05) is 13.1 Å². The van der Waals surface area contributed by atoms with Crippen LogP contribution in [0.5, 0.6) is 0 Å². The molecule has 18 heavy (non-hydrogen) atoms. The van der Waals surface area contributed by atoms with Crippen LogP contribution in [0.4, 0.5) is 11.4 Å². The van der Waals surface area contributed by atoms with Gasteiger partial charge in [-0.3, -0.25) is 4.79 Å². The van der Waals surface area contributed by atoms with Crippen molar-refractivity contribution < 1.29 is 4.79 Å². The topological polar surface area (TPSA) is 58.4 Å². The van der Waals surface area contributed by atoms with Crippen LogP contribution >= 0.6 is 11.6 Å². The Hall–Kier alpha value is -1.26. The second kappa shape index (κ2) is 5.16. The van der Waals surface area contributed by atoms with Gasteiger partial charge in [-0.05, 0) is 18.6 Å². The molecule has 1 heterocycles. The second-order valence-electron chi connectivity index (χ2n) is 4.63. The number of nitrogens with one attached hydrogen (secondary N) is 1. The van der Waals surface area contributed by atoms with Crippen LogP contribution in [0.25, 0.3) is 0 Å². The summed E-state index contributed by atoms with van der Waals surface area (Å²) in [5, 5.41) is 3.41. The van der Waals surface area contributed by atoms with E-state index in [-0.39, 0.29) is 5.91 Å². The first-order valence-corrected chi connectivity index (χ1v) is 6.53. The van der Waals surface area contributed by atoms with Crippen molar-refractivity contribution in [2.24, 2.45) is 5.73 Å². The lowest BCUT2D eigenvalue weighted by molar-refractivity contribution is -0.116. The van der Waals surface area contributed by atoms with Crippen LogP contribution in [0, 0.1) is 0 Å². The molecule has 0 aliphatic carbocycles. The van der Waals surface area contributed by atoms with Crippen LogP contribution in [0.3, 0.4) is 0 Å². The number of fused-ring (bicyclic) bond motifs is 1. The Morgan fingerprint density at radius 1 is 1.50 bits per heavy atom. The third kappa shape index (κ3) is 2.31. The molecule has 2 rings (SSSR count). The van der Waals surface area contributed by atoms with E-state index < -0.39 is 6.04 Å². The van der Waals surface area contributed by atoms with Gasteiger partial charge in [0.1, 0.15) is 6.04 Å². The molecule has 98 valence electrons. The summed E-state index contributed by atoms with van der Waals surface area (Å²) in [7, 11) is 2.00. The summed E-state index contributed by atoms with van der Waals surface area (Å²) in [6.07, 6.45) is 2.24. The monoisotopic (exact) mass is 267 g/mol. The molecule has 5 heteroatoms. The Kier molecular flexibility index (Phi) is 3.78. The number of carbonyl (C=O) groups is 1. The lowest BCUT2D eigenvalue weighted by Gasteiger charge is -2.21. The highest BCUT2D eigenvalue weighted by molar-refractivity contribution is 6.33. The zero-order valence-corrected chi connectivity index (χ0v) is 11.4. The van der Waals surface area contributed by atoms with Crippen molar-refractivity contribution >= 4 is 28.9 Å². The number of amides is 1. The fraction of sp³-hybridized carbons (Fsp3) is 0.462. The predicted molar refractivity (Wildman–Crippen MR) is 75.2 cm³/mol. The maximum Gasteiger partial charge on any atom is 0.245 e. The molecule has 0 radical (unpaired) electrons. The van der Waals surface area contributed by atoms with Crippen LogP contribution < -0.4 is 16.0 Å². The van der Waals surface area contributed by atoms with Gasteiger partial charge in [-0.25, -0.2) is 0 Å². The van der Waals surface area contributed by atoms with Crippen LogP contribution in [0.2, 0.25) is 5.02 Å². The van der Waals surface area contributed by atoms with Gasteiger partial charge in [-0.2, -0.15) is 0 Å². The van der Waals surface area contributed by atoms with E-state index in [0.29, 0.717) is 5.02 Å². The average molecular weight is 268 g/mol. The average Bonchev–Trinajstić information content (AvgIpc) is 2.62. The third-order valence-corrected chi connectivity index (χ3v) is 3.56.